The van der Waals surface area contributed by atoms with Crippen LogP contribution in [0.25, 0.3) is 0 Å². The second kappa shape index (κ2) is 7.92. The summed E-state index contributed by atoms with van der Waals surface area (Å²) in [7, 11) is 1.57. The number of ether oxygens (including phenoxy) is 2. The average Bonchev–Trinajstić information content (AvgIpc) is 2.36. The molecule has 2 N–H and O–H groups in total. The molecule has 5 nitrogen and oxygen atoms in total. The minimum absolute atomic E-state index is 0.495. The predicted molar refractivity (Wildman–Crippen MR) is 90.8 cm³/mol. The van der Waals surface area contributed by atoms with E-state index < -0.39 is 11.7 Å². The summed E-state index contributed by atoms with van der Waals surface area (Å²) in [6.45, 7) is 10.7. The zero-order chi connectivity index (χ0) is 16.8. The minimum Gasteiger partial charge on any atom is -0.495 e. The molecule has 22 heavy (non-hydrogen) atoms. The van der Waals surface area contributed by atoms with Gasteiger partial charge in [-0.25, -0.2) is 4.79 Å². The lowest BCUT2D eigenvalue weighted by Crippen LogP contribution is -2.27. The Labute approximate surface area is 133 Å². The Bertz CT molecular complexity index is 493. The molecule has 0 fully saturated rings. The van der Waals surface area contributed by atoms with E-state index in [1.54, 1.807) is 7.11 Å². The van der Waals surface area contributed by atoms with Crippen molar-refractivity contribution in [3.63, 3.8) is 0 Å². The summed E-state index contributed by atoms with van der Waals surface area (Å²) in [5.41, 5.74) is 0.989. The van der Waals surface area contributed by atoms with E-state index in [1.165, 1.54) is 0 Å². The molecule has 0 radical (unpaired) electrons. The Morgan fingerprint density at radius 3 is 2.50 bits per heavy atom. The number of amides is 1. The first-order chi connectivity index (χ1) is 10.2. The van der Waals surface area contributed by atoms with Gasteiger partial charge in [0.1, 0.15) is 11.4 Å². The van der Waals surface area contributed by atoms with Gasteiger partial charge in [-0.05, 0) is 51.3 Å². The smallest absolute Gasteiger partial charge is 0.412 e. The lowest BCUT2D eigenvalue weighted by atomic mass is 10.1. The van der Waals surface area contributed by atoms with Crippen molar-refractivity contribution in [2.24, 2.45) is 5.92 Å². The number of carbonyl (C=O) groups excluding carboxylic acids is 1. The Kier molecular flexibility index (Phi) is 6.53. The van der Waals surface area contributed by atoms with Crippen LogP contribution in [0.1, 0.15) is 41.0 Å². The predicted octanol–water partition coefficient (Wildman–Crippen LogP) is 4.50. The summed E-state index contributed by atoms with van der Waals surface area (Å²) >= 11 is 0. The first kappa shape index (κ1) is 18.1. The van der Waals surface area contributed by atoms with Gasteiger partial charge >= 0.3 is 6.09 Å². The number of methoxy groups -OCH3 is 1. The molecule has 5 heteroatoms. The van der Waals surface area contributed by atoms with E-state index in [9.17, 15) is 4.79 Å². The van der Waals surface area contributed by atoms with E-state index in [1.807, 2.05) is 39.0 Å². The zero-order valence-corrected chi connectivity index (χ0v) is 14.4. The van der Waals surface area contributed by atoms with Gasteiger partial charge in [-0.2, -0.15) is 0 Å². The number of benzene rings is 1. The van der Waals surface area contributed by atoms with Crippen molar-refractivity contribution in [3.8, 4) is 5.75 Å². The molecule has 1 rings (SSSR count). The monoisotopic (exact) mass is 308 g/mol. The number of nitrogens with one attached hydrogen (secondary N) is 2. The third-order valence-electron chi connectivity index (χ3n) is 2.89. The van der Waals surface area contributed by atoms with Gasteiger partial charge in [-0.1, -0.05) is 13.8 Å². The summed E-state index contributed by atoms with van der Waals surface area (Å²) in [5, 5.41) is 6.07. The van der Waals surface area contributed by atoms with E-state index in [0.29, 0.717) is 17.4 Å². The van der Waals surface area contributed by atoms with Crippen molar-refractivity contribution in [2.45, 2.75) is 46.6 Å². The normalized spacial score (nSPS) is 11.2. The number of anilines is 2. The SMILES string of the molecule is COc1ccc(NCCC(C)C)cc1NC(=O)OC(C)(C)C. The highest BCUT2D eigenvalue weighted by Gasteiger charge is 2.17. The van der Waals surface area contributed by atoms with Crippen LogP contribution in [0.5, 0.6) is 5.75 Å². The molecule has 0 unspecified atom stereocenters. The molecule has 0 heterocycles. The van der Waals surface area contributed by atoms with Crippen molar-refractivity contribution in [2.75, 3.05) is 24.3 Å². The summed E-state index contributed by atoms with van der Waals surface area (Å²) in [6, 6.07) is 5.60. The maximum Gasteiger partial charge on any atom is 0.412 e. The highest BCUT2D eigenvalue weighted by molar-refractivity contribution is 5.88. The Morgan fingerprint density at radius 2 is 1.95 bits per heavy atom. The molecule has 1 amide bonds. The molecule has 0 atom stereocenters. The van der Waals surface area contributed by atoms with Crippen LogP contribution < -0.4 is 15.4 Å². The summed E-state index contributed by atoms with van der Waals surface area (Å²) < 4.78 is 10.5. The first-order valence-corrected chi connectivity index (χ1v) is 7.63. The molecule has 0 spiro atoms. The Balaban J connectivity index is 2.76. The van der Waals surface area contributed by atoms with E-state index in [-0.39, 0.29) is 0 Å². The first-order valence-electron chi connectivity index (χ1n) is 7.63. The number of hydrogen-bond acceptors (Lipinski definition) is 4. The second-order valence-corrected chi connectivity index (χ2v) is 6.65. The highest BCUT2D eigenvalue weighted by atomic mass is 16.6. The number of carbonyl (C=O) groups is 1. The van der Waals surface area contributed by atoms with Gasteiger partial charge in [0.15, 0.2) is 0 Å². The molecule has 0 saturated heterocycles. The molecule has 1 aromatic carbocycles. The van der Waals surface area contributed by atoms with E-state index in [0.717, 1.165) is 18.7 Å². The highest BCUT2D eigenvalue weighted by Crippen LogP contribution is 2.28. The minimum atomic E-state index is -0.537. The molecule has 124 valence electrons. The van der Waals surface area contributed by atoms with Gasteiger partial charge in [-0.15, -0.1) is 0 Å². The van der Waals surface area contributed by atoms with Crippen LogP contribution in [0.3, 0.4) is 0 Å². The lowest BCUT2D eigenvalue weighted by molar-refractivity contribution is 0.0635. The fourth-order valence-electron chi connectivity index (χ4n) is 1.83. The van der Waals surface area contributed by atoms with Gasteiger partial charge in [0.05, 0.1) is 12.8 Å². The zero-order valence-electron chi connectivity index (χ0n) is 14.4. The fraction of sp³-hybridized carbons (Fsp3) is 0.588. The summed E-state index contributed by atoms with van der Waals surface area (Å²) in [4.78, 5) is 11.9. The van der Waals surface area contributed by atoms with Gasteiger partial charge in [-0.3, -0.25) is 5.32 Å². The second-order valence-electron chi connectivity index (χ2n) is 6.65. The van der Waals surface area contributed by atoms with Crippen LogP contribution in [0.15, 0.2) is 18.2 Å². The standard InChI is InChI=1S/C17H28N2O3/c1-12(2)9-10-18-13-7-8-15(21-6)14(11-13)19-16(20)22-17(3,4)5/h7-8,11-12,18H,9-10H2,1-6H3,(H,19,20). The molecule has 0 saturated carbocycles. The maximum atomic E-state index is 11.9. The molecule has 0 aliphatic heterocycles. The van der Waals surface area contributed by atoms with E-state index >= 15 is 0 Å². The van der Waals surface area contributed by atoms with Crippen LogP contribution >= 0.6 is 0 Å². The van der Waals surface area contributed by atoms with Crippen molar-refractivity contribution in [3.05, 3.63) is 18.2 Å². The molecular weight excluding hydrogens is 280 g/mol. The lowest BCUT2D eigenvalue weighted by Gasteiger charge is -2.20. The van der Waals surface area contributed by atoms with Crippen molar-refractivity contribution in [1.82, 2.24) is 0 Å². The van der Waals surface area contributed by atoms with Gasteiger partial charge in [0.25, 0.3) is 0 Å². The topological polar surface area (TPSA) is 59.6 Å². The van der Waals surface area contributed by atoms with Gasteiger partial charge in [0.2, 0.25) is 0 Å². The number of rotatable bonds is 6. The van der Waals surface area contributed by atoms with Crippen LogP contribution in [-0.2, 0) is 4.74 Å². The molecule has 0 aromatic heterocycles. The largest absolute Gasteiger partial charge is 0.495 e. The summed E-state index contributed by atoms with van der Waals surface area (Å²) in [6.07, 6.45) is 0.589. The van der Waals surface area contributed by atoms with Gasteiger partial charge < -0.3 is 14.8 Å². The van der Waals surface area contributed by atoms with E-state index in [4.69, 9.17) is 9.47 Å². The molecular formula is C17H28N2O3. The fourth-order valence-corrected chi connectivity index (χ4v) is 1.83. The maximum absolute atomic E-state index is 11.9. The van der Waals surface area contributed by atoms with Crippen LogP contribution in [0, 0.1) is 5.92 Å². The van der Waals surface area contributed by atoms with Crippen molar-refractivity contribution >= 4 is 17.5 Å². The molecule has 1 aromatic rings. The third kappa shape index (κ3) is 6.70. The Hall–Kier alpha value is -1.91. The Morgan fingerprint density at radius 1 is 1.27 bits per heavy atom. The molecule has 0 aliphatic rings. The van der Waals surface area contributed by atoms with Gasteiger partial charge in [0, 0.05) is 12.2 Å². The van der Waals surface area contributed by atoms with Crippen LogP contribution in [0.4, 0.5) is 16.2 Å². The van der Waals surface area contributed by atoms with Crippen LogP contribution in [-0.4, -0.2) is 25.3 Å². The van der Waals surface area contributed by atoms with E-state index in [2.05, 4.69) is 24.5 Å². The van der Waals surface area contributed by atoms with Crippen molar-refractivity contribution in [1.29, 1.82) is 0 Å². The third-order valence-corrected chi connectivity index (χ3v) is 2.89. The molecule has 0 aliphatic carbocycles. The number of hydrogen-bond donors (Lipinski definition) is 2. The van der Waals surface area contributed by atoms with Crippen LogP contribution in [0.2, 0.25) is 0 Å². The van der Waals surface area contributed by atoms with Crippen molar-refractivity contribution < 1.29 is 14.3 Å². The quantitative estimate of drug-likeness (QED) is 0.812. The average molecular weight is 308 g/mol. The summed E-state index contributed by atoms with van der Waals surface area (Å²) in [5.74, 6) is 1.24. The molecule has 0 bridgehead atoms.